The van der Waals surface area contributed by atoms with Crippen molar-refractivity contribution < 1.29 is 18.3 Å². The molecule has 100 valence electrons. The van der Waals surface area contributed by atoms with Gasteiger partial charge in [-0.2, -0.15) is 0 Å². The highest BCUT2D eigenvalue weighted by molar-refractivity contribution is 7.92. The Hall–Kier alpha value is -1.27. The lowest BCUT2D eigenvalue weighted by atomic mass is 10.0. The molecule has 5 nitrogen and oxygen atoms in total. The average molecular weight is 271 g/mol. The summed E-state index contributed by atoms with van der Waals surface area (Å²) in [4.78, 5) is 0. The molecule has 1 aliphatic heterocycles. The zero-order valence-electron chi connectivity index (χ0n) is 10.5. The molecule has 1 aliphatic rings. The van der Waals surface area contributed by atoms with Crippen LogP contribution in [0.25, 0.3) is 0 Å². The maximum Gasteiger partial charge on any atom is 0.234 e. The van der Waals surface area contributed by atoms with Crippen molar-refractivity contribution >= 4 is 15.7 Å². The van der Waals surface area contributed by atoms with E-state index in [9.17, 15) is 13.5 Å². The van der Waals surface area contributed by atoms with Gasteiger partial charge >= 0.3 is 0 Å². The standard InChI is InChI=1S/C12H17NO4S/c1-3-18(15,16)13-7-6-12(14)10-8-9(17-2)4-5-11(10)13/h4-5,8,12,14H,3,6-7H2,1-2H3. The first kappa shape index (κ1) is 13.2. The van der Waals surface area contributed by atoms with Gasteiger partial charge in [0.05, 0.1) is 24.7 Å². The third kappa shape index (κ3) is 2.18. The van der Waals surface area contributed by atoms with Crippen LogP contribution in [0, 0.1) is 0 Å². The summed E-state index contributed by atoms with van der Waals surface area (Å²) in [5.74, 6) is 0.665. The predicted molar refractivity (Wildman–Crippen MR) is 69.4 cm³/mol. The Balaban J connectivity index is 2.52. The van der Waals surface area contributed by atoms with E-state index >= 15 is 0 Å². The molecule has 0 radical (unpaired) electrons. The molecule has 0 amide bonds. The van der Waals surface area contributed by atoms with E-state index in [1.54, 1.807) is 25.1 Å². The van der Waals surface area contributed by atoms with Crippen molar-refractivity contribution in [1.29, 1.82) is 0 Å². The predicted octanol–water partition coefficient (Wildman–Crippen LogP) is 1.29. The molecule has 1 heterocycles. The number of anilines is 1. The van der Waals surface area contributed by atoms with Crippen molar-refractivity contribution in [3.8, 4) is 5.75 Å². The zero-order valence-corrected chi connectivity index (χ0v) is 11.3. The van der Waals surface area contributed by atoms with E-state index in [1.165, 1.54) is 11.4 Å². The van der Waals surface area contributed by atoms with E-state index in [-0.39, 0.29) is 5.75 Å². The minimum absolute atomic E-state index is 0.0502. The smallest absolute Gasteiger partial charge is 0.234 e. The Bertz CT molecular complexity index is 541. The SMILES string of the molecule is CCS(=O)(=O)N1CCC(O)c2cc(OC)ccc21. The number of sulfonamides is 1. The molecule has 0 fully saturated rings. The van der Waals surface area contributed by atoms with Crippen molar-refractivity contribution in [2.45, 2.75) is 19.4 Å². The lowest BCUT2D eigenvalue weighted by Crippen LogP contribution is -2.37. The largest absolute Gasteiger partial charge is 0.497 e. The van der Waals surface area contributed by atoms with E-state index < -0.39 is 16.1 Å². The van der Waals surface area contributed by atoms with Gasteiger partial charge in [0.25, 0.3) is 0 Å². The summed E-state index contributed by atoms with van der Waals surface area (Å²) >= 11 is 0. The minimum atomic E-state index is -3.30. The van der Waals surface area contributed by atoms with Crippen molar-refractivity contribution in [2.75, 3.05) is 23.7 Å². The molecule has 18 heavy (non-hydrogen) atoms. The fraction of sp³-hybridized carbons (Fsp3) is 0.500. The summed E-state index contributed by atoms with van der Waals surface area (Å²) in [7, 11) is -1.76. The second kappa shape index (κ2) is 4.78. The maximum atomic E-state index is 12.0. The van der Waals surface area contributed by atoms with Crippen LogP contribution in [0.15, 0.2) is 18.2 Å². The molecule has 0 aliphatic carbocycles. The van der Waals surface area contributed by atoms with E-state index in [2.05, 4.69) is 0 Å². The number of rotatable bonds is 3. The Morgan fingerprint density at radius 3 is 2.83 bits per heavy atom. The van der Waals surface area contributed by atoms with Crippen molar-refractivity contribution in [3.05, 3.63) is 23.8 Å². The Morgan fingerprint density at radius 2 is 2.22 bits per heavy atom. The molecule has 1 N–H and O–H groups in total. The molecule has 1 aromatic rings. The molecule has 0 bridgehead atoms. The molecule has 1 atom stereocenters. The first-order chi connectivity index (χ1) is 8.49. The number of aliphatic hydroxyl groups is 1. The van der Waals surface area contributed by atoms with Gasteiger partial charge in [-0.3, -0.25) is 4.31 Å². The van der Waals surface area contributed by atoms with Gasteiger partial charge in [-0.15, -0.1) is 0 Å². The fourth-order valence-electron chi connectivity index (χ4n) is 2.11. The van der Waals surface area contributed by atoms with Gasteiger partial charge in [0, 0.05) is 12.1 Å². The number of ether oxygens (including phenoxy) is 1. The van der Waals surface area contributed by atoms with E-state index in [1.807, 2.05) is 0 Å². The number of nitrogens with zero attached hydrogens (tertiary/aromatic N) is 1. The summed E-state index contributed by atoms with van der Waals surface area (Å²) in [6, 6.07) is 5.08. The van der Waals surface area contributed by atoms with Crippen LogP contribution in [0.1, 0.15) is 25.0 Å². The van der Waals surface area contributed by atoms with Crippen LogP contribution in [0.3, 0.4) is 0 Å². The van der Waals surface area contributed by atoms with Crippen LogP contribution >= 0.6 is 0 Å². The maximum absolute atomic E-state index is 12.0. The van der Waals surface area contributed by atoms with Crippen molar-refractivity contribution in [1.82, 2.24) is 0 Å². The number of methoxy groups -OCH3 is 1. The fourth-order valence-corrected chi connectivity index (χ4v) is 3.28. The van der Waals surface area contributed by atoms with Crippen LogP contribution in [-0.2, 0) is 10.0 Å². The number of benzene rings is 1. The molecular weight excluding hydrogens is 254 g/mol. The molecule has 0 saturated heterocycles. The second-order valence-electron chi connectivity index (χ2n) is 4.20. The van der Waals surface area contributed by atoms with Gasteiger partial charge in [-0.25, -0.2) is 8.42 Å². The molecule has 0 aromatic heterocycles. The first-order valence-corrected chi connectivity index (χ1v) is 7.47. The highest BCUT2D eigenvalue weighted by Crippen LogP contribution is 2.37. The highest BCUT2D eigenvalue weighted by atomic mass is 32.2. The van der Waals surface area contributed by atoms with E-state index in [4.69, 9.17) is 4.74 Å². The second-order valence-corrected chi connectivity index (χ2v) is 6.38. The molecule has 1 unspecified atom stereocenters. The molecule has 6 heteroatoms. The summed E-state index contributed by atoms with van der Waals surface area (Å²) < 4.78 is 30.4. The number of fused-ring (bicyclic) bond motifs is 1. The topological polar surface area (TPSA) is 66.8 Å². The van der Waals surface area contributed by atoms with Crippen molar-refractivity contribution in [2.24, 2.45) is 0 Å². The highest BCUT2D eigenvalue weighted by Gasteiger charge is 2.30. The number of aliphatic hydroxyl groups excluding tert-OH is 1. The average Bonchev–Trinajstić information content (AvgIpc) is 2.38. The third-order valence-electron chi connectivity index (χ3n) is 3.17. The van der Waals surface area contributed by atoms with E-state index in [0.29, 0.717) is 30.0 Å². The zero-order chi connectivity index (χ0) is 13.3. The van der Waals surface area contributed by atoms with Gasteiger partial charge in [-0.05, 0) is 31.5 Å². The van der Waals surface area contributed by atoms with Crippen LogP contribution in [0.2, 0.25) is 0 Å². The lowest BCUT2D eigenvalue weighted by molar-refractivity contribution is 0.166. The lowest BCUT2D eigenvalue weighted by Gasteiger charge is -2.32. The quantitative estimate of drug-likeness (QED) is 0.899. The molecule has 0 spiro atoms. The summed E-state index contributed by atoms with van der Waals surface area (Å²) in [5, 5.41) is 9.96. The normalized spacial score (nSPS) is 19.5. The minimum Gasteiger partial charge on any atom is -0.497 e. The molecule has 2 rings (SSSR count). The Labute approximate surface area is 107 Å². The number of hydrogen-bond acceptors (Lipinski definition) is 4. The van der Waals surface area contributed by atoms with Gasteiger partial charge in [0.15, 0.2) is 0 Å². The molecule has 1 aromatic carbocycles. The monoisotopic (exact) mass is 271 g/mol. The first-order valence-electron chi connectivity index (χ1n) is 5.86. The Kier molecular flexibility index (Phi) is 3.49. The van der Waals surface area contributed by atoms with Crippen LogP contribution in [0.4, 0.5) is 5.69 Å². The van der Waals surface area contributed by atoms with Crippen LogP contribution in [-0.4, -0.2) is 32.9 Å². The Morgan fingerprint density at radius 1 is 1.50 bits per heavy atom. The van der Waals surface area contributed by atoms with Gasteiger partial charge in [0.2, 0.25) is 10.0 Å². The third-order valence-corrected chi connectivity index (χ3v) is 4.95. The van der Waals surface area contributed by atoms with Crippen LogP contribution in [0.5, 0.6) is 5.75 Å². The summed E-state index contributed by atoms with van der Waals surface area (Å²) in [5.41, 5.74) is 1.16. The molecule has 0 saturated carbocycles. The molecular formula is C12H17NO4S. The van der Waals surface area contributed by atoms with Gasteiger partial charge in [0.1, 0.15) is 5.75 Å². The van der Waals surface area contributed by atoms with Gasteiger partial charge < -0.3 is 9.84 Å². The number of hydrogen-bond donors (Lipinski definition) is 1. The van der Waals surface area contributed by atoms with E-state index in [0.717, 1.165) is 0 Å². The summed E-state index contributed by atoms with van der Waals surface area (Å²) in [6.45, 7) is 1.93. The van der Waals surface area contributed by atoms with Gasteiger partial charge in [-0.1, -0.05) is 0 Å². The van der Waals surface area contributed by atoms with Crippen molar-refractivity contribution in [3.63, 3.8) is 0 Å². The van der Waals surface area contributed by atoms with Crippen LogP contribution < -0.4 is 9.04 Å². The summed E-state index contributed by atoms with van der Waals surface area (Å²) in [6.07, 6.45) is -0.238.